The number of thiophene rings is 1. The summed E-state index contributed by atoms with van der Waals surface area (Å²) in [6.45, 7) is 0. The lowest BCUT2D eigenvalue weighted by Gasteiger charge is -2.15. The van der Waals surface area contributed by atoms with Gasteiger partial charge in [0.05, 0.1) is 5.56 Å². The third kappa shape index (κ3) is 4.16. The molecular formula is C29H20F3O2S2+. The summed E-state index contributed by atoms with van der Waals surface area (Å²) in [4.78, 5) is 14.6. The van der Waals surface area contributed by atoms with Crippen LogP contribution < -0.4 is 0 Å². The third-order valence-electron chi connectivity index (χ3n) is 6.46. The van der Waals surface area contributed by atoms with Gasteiger partial charge in [-0.1, -0.05) is 42.5 Å². The monoisotopic (exact) mass is 521 g/mol. The number of ether oxygens (including phenoxy) is 1. The maximum atomic E-state index is 13.2. The first-order valence-electron chi connectivity index (χ1n) is 11.5. The molecule has 6 rings (SSSR count). The standard InChI is InChI=1S/C29H20F3O2S2/c30-29(31,32)35-25-11-6-10-20-21(25)14-15-24(20)34-28(33)18-13-16-27-23(17-18)22-9-4-5-12-26(22)36(27)19-7-2-1-3-8-19/h1-13,16-17,24H,14-15H2/q+1. The van der Waals surface area contributed by atoms with Crippen molar-refractivity contribution in [2.24, 2.45) is 0 Å². The zero-order valence-electron chi connectivity index (χ0n) is 18.9. The van der Waals surface area contributed by atoms with E-state index in [1.165, 1.54) is 20.4 Å². The van der Waals surface area contributed by atoms with Gasteiger partial charge in [0.25, 0.3) is 0 Å². The number of fused-ring (bicyclic) bond motifs is 4. The summed E-state index contributed by atoms with van der Waals surface area (Å²) in [6.07, 6.45) is 0.367. The number of halogens is 3. The predicted octanol–water partition coefficient (Wildman–Crippen LogP) is 9.19. The Bertz CT molecular complexity index is 1610. The number of carbonyl (C=O) groups is 1. The zero-order valence-corrected chi connectivity index (χ0v) is 20.6. The number of hydrogen-bond donors (Lipinski definition) is 0. The fourth-order valence-corrected chi connectivity index (χ4v) is 8.08. The van der Waals surface area contributed by atoms with Crippen LogP contribution in [0.2, 0.25) is 0 Å². The van der Waals surface area contributed by atoms with E-state index >= 15 is 0 Å². The van der Waals surface area contributed by atoms with Gasteiger partial charge in [0, 0.05) is 26.1 Å². The van der Waals surface area contributed by atoms with E-state index in [0.29, 0.717) is 29.5 Å². The molecule has 0 aliphatic heterocycles. The molecule has 0 amide bonds. The molecule has 1 aliphatic rings. The van der Waals surface area contributed by atoms with E-state index in [2.05, 4.69) is 24.3 Å². The maximum Gasteiger partial charge on any atom is 0.446 e. The SMILES string of the molecule is O=C(OC1CCc2c(SC(F)(F)F)cccc21)c1ccc2c(c1)c1ccccc1[s+]2-c1ccccc1. The molecule has 0 saturated heterocycles. The van der Waals surface area contributed by atoms with Crippen molar-refractivity contribution in [2.45, 2.75) is 29.3 Å². The molecule has 0 N–H and O–H groups in total. The molecule has 4 aromatic carbocycles. The van der Waals surface area contributed by atoms with Crippen molar-refractivity contribution in [3.63, 3.8) is 0 Å². The number of alkyl halides is 3. The average molecular weight is 522 g/mol. The second-order valence-electron chi connectivity index (χ2n) is 8.63. The number of benzene rings is 4. The minimum absolute atomic E-state index is 0.111. The molecule has 0 radical (unpaired) electrons. The highest BCUT2D eigenvalue weighted by Gasteiger charge is 2.34. The molecule has 2 nitrogen and oxygen atoms in total. The molecule has 2 unspecified atom stereocenters. The van der Waals surface area contributed by atoms with Crippen molar-refractivity contribution >= 4 is 48.4 Å². The van der Waals surface area contributed by atoms with Crippen LogP contribution in [0.5, 0.6) is 0 Å². The second kappa shape index (κ2) is 8.98. The van der Waals surface area contributed by atoms with E-state index in [9.17, 15) is 18.0 Å². The maximum absolute atomic E-state index is 13.2. The van der Waals surface area contributed by atoms with Crippen molar-refractivity contribution in [2.75, 3.05) is 0 Å². The van der Waals surface area contributed by atoms with E-state index in [1.54, 1.807) is 18.2 Å². The molecular weight excluding hydrogens is 501 g/mol. The molecule has 0 bridgehead atoms. The van der Waals surface area contributed by atoms with Crippen molar-refractivity contribution in [1.29, 1.82) is 0 Å². The molecule has 0 fully saturated rings. The van der Waals surface area contributed by atoms with Gasteiger partial charge in [-0.15, -0.1) is 0 Å². The van der Waals surface area contributed by atoms with Gasteiger partial charge in [0.15, 0.2) is 14.3 Å². The molecule has 0 spiro atoms. The molecule has 1 heterocycles. The Hall–Kier alpha value is -3.29. The number of esters is 1. The molecule has 36 heavy (non-hydrogen) atoms. The Balaban J connectivity index is 1.34. The van der Waals surface area contributed by atoms with Gasteiger partial charge in [0.1, 0.15) is 6.10 Å². The van der Waals surface area contributed by atoms with E-state index < -0.39 is 17.6 Å². The minimum Gasteiger partial charge on any atom is -0.454 e. The van der Waals surface area contributed by atoms with Crippen LogP contribution in [0.1, 0.15) is 34.0 Å². The van der Waals surface area contributed by atoms with Crippen molar-refractivity contribution in [3.05, 3.63) is 108 Å². The zero-order chi connectivity index (χ0) is 24.9. The van der Waals surface area contributed by atoms with Crippen molar-refractivity contribution in [3.8, 4) is 4.90 Å². The smallest absolute Gasteiger partial charge is 0.446 e. The first-order chi connectivity index (χ1) is 17.4. The summed E-state index contributed by atoms with van der Waals surface area (Å²) in [5.74, 6) is -0.464. The topological polar surface area (TPSA) is 26.3 Å². The lowest BCUT2D eigenvalue weighted by Crippen LogP contribution is -2.09. The van der Waals surface area contributed by atoms with Crippen molar-refractivity contribution in [1.82, 2.24) is 0 Å². The first kappa shape index (κ1) is 23.1. The van der Waals surface area contributed by atoms with Gasteiger partial charge in [0.2, 0.25) is 0 Å². The number of rotatable bonds is 4. The molecule has 7 heteroatoms. The van der Waals surface area contributed by atoms with Gasteiger partial charge in [-0.25, -0.2) is 4.79 Å². The fraction of sp³-hybridized carbons (Fsp3) is 0.138. The highest BCUT2D eigenvalue weighted by Crippen LogP contribution is 2.49. The molecule has 180 valence electrons. The number of hydrogen-bond acceptors (Lipinski definition) is 3. The Labute approximate surface area is 212 Å². The molecule has 0 saturated carbocycles. The van der Waals surface area contributed by atoms with Crippen LogP contribution in [-0.4, -0.2) is 11.5 Å². The van der Waals surface area contributed by atoms with E-state index in [0.717, 1.165) is 10.8 Å². The van der Waals surface area contributed by atoms with E-state index in [4.69, 9.17) is 4.74 Å². The van der Waals surface area contributed by atoms with Crippen molar-refractivity contribution < 1.29 is 22.7 Å². The summed E-state index contributed by atoms with van der Waals surface area (Å²) >= 11 is -0.111. The fourth-order valence-electron chi connectivity index (χ4n) is 4.96. The number of carbonyl (C=O) groups excluding carboxylic acids is 1. The van der Waals surface area contributed by atoms with Crippen LogP contribution in [0.3, 0.4) is 0 Å². The average Bonchev–Trinajstić information content (AvgIpc) is 3.43. The Morgan fingerprint density at radius 2 is 1.61 bits per heavy atom. The summed E-state index contributed by atoms with van der Waals surface area (Å²) in [5.41, 5.74) is -2.64. The molecule has 1 aliphatic carbocycles. The Kier molecular flexibility index (Phi) is 5.77. The first-order valence-corrected chi connectivity index (χ1v) is 13.5. The summed E-state index contributed by atoms with van der Waals surface area (Å²) in [7, 11) is -0.253. The highest BCUT2D eigenvalue weighted by molar-refractivity contribution is 8.00. The quantitative estimate of drug-likeness (QED) is 0.134. The Morgan fingerprint density at radius 1 is 0.861 bits per heavy atom. The predicted molar refractivity (Wildman–Crippen MR) is 140 cm³/mol. The molecule has 2 atom stereocenters. The normalized spacial score (nSPS) is 15.9. The molecule has 5 aromatic rings. The minimum atomic E-state index is -4.36. The van der Waals surface area contributed by atoms with E-state index in [1.807, 2.05) is 42.5 Å². The largest absolute Gasteiger partial charge is 0.454 e. The Morgan fingerprint density at radius 3 is 2.42 bits per heavy atom. The van der Waals surface area contributed by atoms with Crippen LogP contribution in [0.15, 0.2) is 95.9 Å². The van der Waals surface area contributed by atoms with Gasteiger partial charge < -0.3 is 4.74 Å². The van der Waals surface area contributed by atoms with Gasteiger partial charge in [-0.3, -0.25) is 0 Å². The lowest BCUT2D eigenvalue weighted by molar-refractivity contribution is -0.0328. The molecule has 1 aromatic heterocycles. The number of thioether (sulfide) groups is 1. The summed E-state index contributed by atoms with van der Waals surface area (Å²) in [5, 5.41) is 2.12. The van der Waals surface area contributed by atoms with Gasteiger partial charge in [-0.2, -0.15) is 13.2 Å². The second-order valence-corrected chi connectivity index (χ2v) is 11.7. The van der Waals surface area contributed by atoms with Crippen LogP contribution >= 0.6 is 22.2 Å². The van der Waals surface area contributed by atoms with Gasteiger partial charge >= 0.3 is 11.5 Å². The highest BCUT2D eigenvalue weighted by atomic mass is 32.2. The summed E-state index contributed by atoms with van der Waals surface area (Å²) in [6, 6.07) is 29.1. The summed E-state index contributed by atoms with van der Waals surface area (Å²) < 4.78 is 47.1. The van der Waals surface area contributed by atoms with Crippen LogP contribution in [0.25, 0.3) is 25.1 Å². The third-order valence-corrected chi connectivity index (χ3v) is 9.63. The van der Waals surface area contributed by atoms with Gasteiger partial charge in [-0.05, 0) is 84.3 Å². The van der Waals surface area contributed by atoms with Crippen LogP contribution in [0, 0.1) is 0 Å². The van der Waals surface area contributed by atoms with Crippen LogP contribution in [-0.2, 0) is 11.2 Å². The van der Waals surface area contributed by atoms with Crippen LogP contribution in [0.4, 0.5) is 13.2 Å². The lowest BCUT2D eigenvalue weighted by atomic mass is 10.1. The van der Waals surface area contributed by atoms with E-state index in [-0.39, 0.29) is 27.1 Å².